The number of aliphatic carboxylic acids is 1. The third-order valence-electron chi connectivity index (χ3n) is 6.52. The second kappa shape index (κ2) is 8.24. The third kappa shape index (κ3) is 3.77. The molecule has 2 aliphatic rings. The fraction of sp³-hybridized carbons (Fsp3) is 0.346. The number of nitrogens with one attached hydrogen (secondary N) is 1. The minimum absolute atomic E-state index is 0.417. The van der Waals surface area contributed by atoms with E-state index in [2.05, 4.69) is 5.32 Å². The fourth-order valence-corrected chi connectivity index (χ4v) is 4.93. The summed E-state index contributed by atoms with van der Waals surface area (Å²) in [6.45, 7) is 4.42. The van der Waals surface area contributed by atoms with Crippen LogP contribution in [0.2, 0.25) is 0 Å². The van der Waals surface area contributed by atoms with Gasteiger partial charge in [0, 0.05) is 11.6 Å². The number of carboxylic acid groups (broad SMARTS) is 1. The van der Waals surface area contributed by atoms with Crippen molar-refractivity contribution in [1.29, 1.82) is 0 Å². The van der Waals surface area contributed by atoms with Crippen LogP contribution in [-0.4, -0.2) is 50.6 Å². The molecule has 0 radical (unpaired) electrons. The molecule has 0 aromatic heterocycles. The van der Waals surface area contributed by atoms with E-state index in [1.807, 2.05) is 66.7 Å². The van der Waals surface area contributed by atoms with E-state index in [0.29, 0.717) is 5.56 Å². The number of fused-ring (bicyclic) bond motifs is 1. The normalized spacial score (nSPS) is 27.4. The largest absolute Gasteiger partial charge is 0.480 e. The van der Waals surface area contributed by atoms with Crippen molar-refractivity contribution in [2.24, 2.45) is 11.8 Å². The van der Waals surface area contributed by atoms with Crippen molar-refractivity contribution in [3.05, 3.63) is 71.3 Å². The summed E-state index contributed by atoms with van der Waals surface area (Å²) in [6.07, 6.45) is 3.95. The maximum Gasteiger partial charge on any atom is 0.327 e. The van der Waals surface area contributed by atoms with E-state index < -0.39 is 53.3 Å². The van der Waals surface area contributed by atoms with Crippen LogP contribution >= 0.6 is 0 Å². The smallest absolute Gasteiger partial charge is 0.327 e. The van der Waals surface area contributed by atoms with Gasteiger partial charge >= 0.3 is 5.97 Å². The number of carbonyl (C=O) groups excluding carboxylic acids is 2. The number of aliphatic hydroxyl groups is 1. The summed E-state index contributed by atoms with van der Waals surface area (Å²) in [5, 5.41) is 23.0. The van der Waals surface area contributed by atoms with Crippen LogP contribution in [0.15, 0.2) is 54.6 Å². The molecule has 2 saturated heterocycles. The molecule has 4 rings (SSSR count). The minimum Gasteiger partial charge on any atom is -0.480 e. The Balaban J connectivity index is 1.69. The lowest BCUT2D eigenvalue weighted by Gasteiger charge is -2.34. The molecule has 0 spiro atoms. The van der Waals surface area contributed by atoms with Gasteiger partial charge in [-0.3, -0.25) is 24.6 Å². The molecule has 2 fully saturated rings. The first-order valence-electron chi connectivity index (χ1n) is 10.9. The molecule has 2 aromatic carbocycles. The van der Waals surface area contributed by atoms with E-state index in [4.69, 9.17) is 0 Å². The summed E-state index contributed by atoms with van der Waals surface area (Å²) in [4.78, 5) is 40.0. The van der Waals surface area contributed by atoms with Crippen molar-refractivity contribution in [3.8, 4) is 0 Å². The van der Waals surface area contributed by atoms with Gasteiger partial charge in [-0.05, 0) is 37.5 Å². The molecule has 0 aliphatic carbocycles. The van der Waals surface area contributed by atoms with Crippen molar-refractivity contribution in [2.75, 3.05) is 6.61 Å². The highest BCUT2D eigenvalue weighted by molar-refractivity contribution is 6.10. The zero-order valence-corrected chi connectivity index (χ0v) is 18.9. The first-order chi connectivity index (χ1) is 15.6. The molecule has 3 N–H and O–H groups in total. The Morgan fingerprint density at radius 3 is 2.09 bits per heavy atom. The lowest BCUT2D eigenvalue weighted by atomic mass is 9.79. The maximum absolute atomic E-state index is 13.4. The van der Waals surface area contributed by atoms with Crippen LogP contribution in [0, 0.1) is 11.8 Å². The number of nitrogens with zero attached hydrogens (tertiary/aromatic N) is 1. The van der Waals surface area contributed by atoms with E-state index in [9.17, 15) is 24.6 Å². The summed E-state index contributed by atoms with van der Waals surface area (Å²) in [7, 11) is 0. The summed E-state index contributed by atoms with van der Waals surface area (Å²) in [6, 6.07) is 16.6. The number of aliphatic hydroxyl groups excluding tert-OH is 1. The molecule has 4 unspecified atom stereocenters. The Labute approximate surface area is 192 Å². The monoisotopic (exact) mass is 448 g/mol. The number of hydrogen-bond donors (Lipinski definition) is 3. The van der Waals surface area contributed by atoms with Crippen LogP contribution in [0.5, 0.6) is 0 Å². The number of imide groups is 1. The van der Waals surface area contributed by atoms with E-state index >= 15 is 0 Å². The third-order valence-corrected chi connectivity index (χ3v) is 6.52. The summed E-state index contributed by atoms with van der Waals surface area (Å²) in [5.41, 5.74) is -0.0271. The van der Waals surface area contributed by atoms with Crippen molar-refractivity contribution >= 4 is 29.9 Å². The minimum atomic E-state index is -1.92. The molecular formula is C26H28N2O5. The summed E-state index contributed by atoms with van der Waals surface area (Å²) in [5.74, 6) is -4.42. The van der Waals surface area contributed by atoms with Gasteiger partial charge in [-0.25, -0.2) is 0 Å². The quantitative estimate of drug-likeness (QED) is 0.480. The zero-order valence-electron chi connectivity index (χ0n) is 18.9. The van der Waals surface area contributed by atoms with Gasteiger partial charge in [0.1, 0.15) is 0 Å². The van der Waals surface area contributed by atoms with E-state index in [1.165, 1.54) is 0 Å². The Hall–Kier alpha value is -3.29. The average Bonchev–Trinajstić information content (AvgIpc) is 3.27. The van der Waals surface area contributed by atoms with Gasteiger partial charge in [-0.1, -0.05) is 66.7 Å². The molecule has 2 amide bonds. The van der Waals surface area contributed by atoms with E-state index in [-0.39, 0.29) is 0 Å². The van der Waals surface area contributed by atoms with E-state index in [0.717, 1.165) is 16.0 Å². The topological polar surface area (TPSA) is 107 Å². The molecule has 7 heteroatoms. The highest BCUT2D eigenvalue weighted by Gasteiger charge is 2.69. The van der Waals surface area contributed by atoms with Gasteiger partial charge in [0.25, 0.3) is 0 Å². The molecule has 172 valence electrons. The molecular weight excluding hydrogens is 420 g/mol. The molecule has 0 saturated carbocycles. The molecule has 33 heavy (non-hydrogen) atoms. The lowest BCUT2D eigenvalue weighted by Crippen LogP contribution is -2.59. The Morgan fingerprint density at radius 2 is 1.58 bits per heavy atom. The molecule has 0 bridgehead atoms. The predicted molar refractivity (Wildman–Crippen MR) is 124 cm³/mol. The van der Waals surface area contributed by atoms with Gasteiger partial charge in [-0.2, -0.15) is 0 Å². The Bertz CT molecular complexity index is 1100. The van der Waals surface area contributed by atoms with Gasteiger partial charge in [-0.15, -0.1) is 0 Å². The number of benzene rings is 2. The predicted octanol–water partition coefficient (Wildman–Crippen LogP) is 2.72. The van der Waals surface area contributed by atoms with Crippen LogP contribution in [0.25, 0.3) is 12.2 Å². The molecule has 4 atom stereocenters. The Kier molecular flexibility index (Phi) is 5.72. The highest BCUT2D eigenvalue weighted by Crippen LogP contribution is 2.50. The maximum atomic E-state index is 13.4. The lowest BCUT2D eigenvalue weighted by molar-refractivity contribution is -0.155. The van der Waals surface area contributed by atoms with Crippen molar-refractivity contribution in [2.45, 2.75) is 37.9 Å². The number of likely N-dealkylation sites (tertiary alicyclic amines) is 1. The molecule has 7 nitrogen and oxygen atoms in total. The fourth-order valence-electron chi connectivity index (χ4n) is 4.93. The van der Waals surface area contributed by atoms with Crippen molar-refractivity contribution in [3.63, 3.8) is 0 Å². The van der Waals surface area contributed by atoms with Gasteiger partial charge in [0.05, 0.1) is 18.4 Å². The first kappa shape index (κ1) is 22.9. The van der Waals surface area contributed by atoms with Crippen LogP contribution in [0.4, 0.5) is 0 Å². The van der Waals surface area contributed by atoms with Crippen LogP contribution in [0.1, 0.15) is 43.5 Å². The van der Waals surface area contributed by atoms with Crippen molar-refractivity contribution < 1.29 is 24.6 Å². The van der Waals surface area contributed by atoms with Gasteiger partial charge < -0.3 is 10.2 Å². The van der Waals surface area contributed by atoms with Crippen LogP contribution < -0.4 is 5.32 Å². The van der Waals surface area contributed by atoms with Gasteiger partial charge in [0.15, 0.2) is 5.54 Å². The first-order valence-corrected chi connectivity index (χ1v) is 10.9. The summed E-state index contributed by atoms with van der Waals surface area (Å²) >= 11 is 0. The number of rotatable bonds is 5. The second-order valence-electron chi connectivity index (χ2n) is 9.65. The van der Waals surface area contributed by atoms with E-state index in [1.54, 1.807) is 20.8 Å². The van der Waals surface area contributed by atoms with Gasteiger partial charge in [0.2, 0.25) is 11.8 Å². The average molecular weight is 449 g/mol. The summed E-state index contributed by atoms with van der Waals surface area (Å²) < 4.78 is 0. The number of amides is 2. The Morgan fingerprint density at radius 1 is 1.00 bits per heavy atom. The SMILES string of the molecule is CC(C)(C)N1C(=O)C2C(c3ccc(C=Cc4ccccc4)cc3)NC(CO)(C(=O)O)C2C1=O. The molecule has 2 aliphatic heterocycles. The van der Waals surface area contributed by atoms with Crippen molar-refractivity contribution in [1.82, 2.24) is 10.2 Å². The zero-order chi connectivity index (χ0) is 24.0. The number of carboxylic acids is 1. The standard InChI is InChI=1S/C26H28N2O5/c1-25(2,3)28-22(30)19-20(23(28)31)26(15-29,24(32)33)27-21(19)18-13-11-17(12-14-18)10-9-16-7-5-4-6-8-16/h4-14,19-21,27,29H,15H2,1-3H3,(H,32,33). The van der Waals surface area contributed by atoms with Crippen LogP contribution in [0.3, 0.4) is 0 Å². The molecule has 2 heterocycles. The highest BCUT2D eigenvalue weighted by atomic mass is 16.4. The number of hydrogen-bond acceptors (Lipinski definition) is 5. The molecule has 2 aromatic rings. The second-order valence-corrected chi connectivity index (χ2v) is 9.65. The van der Waals surface area contributed by atoms with Crippen LogP contribution in [-0.2, 0) is 14.4 Å². The number of carbonyl (C=O) groups is 3.